The molecule has 1 aromatic carbocycles. The summed E-state index contributed by atoms with van der Waals surface area (Å²) in [7, 11) is 0. The van der Waals surface area contributed by atoms with E-state index in [9.17, 15) is 0 Å². The first-order chi connectivity index (χ1) is 7.58. The summed E-state index contributed by atoms with van der Waals surface area (Å²) in [6.07, 6.45) is 0.826. The predicted molar refractivity (Wildman–Crippen MR) is 69.2 cm³/mol. The van der Waals surface area contributed by atoms with Crippen molar-refractivity contribution in [3.63, 3.8) is 0 Å². The van der Waals surface area contributed by atoms with Gasteiger partial charge in [-0.3, -0.25) is 0 Å². The number of aromatic hydroxyl groups is 1. The summed E-state index contributed by atoms with van der Waals surface area (Å²) in [6, 6.07) is 7.21. The molecule has 0 heterocycles. The molecule has 1 aromatic rings. The van der Waals surface area contributed by atoms with E-state index >= 15 is 0 Å². The Kier molecular flexibility index (Phi) is 5.64. The van der Waals surface area contributed by atoms with E-state index in [1.807, 2.05) is 12.1 Å². The van der Waals surface area contributed by atoms with Crippen LogP contribution in [0.4, 0.5) is 0 Å². The van der Waals surface area contributed by atoms with Gasteiger partial charge in [-0.15, -0.1) is 11.6 Å². The van der Waals surface area contributed by atoms with Crippen molar-refractivity contribution < 1.29 is 5.11 Å². The number of nitrogens with one attached hydrogen (secondary N) is 1. The summed E-state index contributed by atoms with van der Waals surface area (Å²) >= 11 is 6.21. The van der Waals surface area contributed by atoms with Gasteiger partial charge in [0.05, 0.1) is 5.38 Å². The maximum atomic E-state index is 9.15. The van der Waals surface area contributed by atoms with Gasteiger partial charge in [0.1, 0.15) is 5.75 Å². The number of benzene rings is 1. The van der Waals surface area contributed by atoms with Crippen LogP contribution in [0.2, 0.25) is 0 Å². The Hall–Kier alpha value is -0.730. The minimum absolute atomic E-state index is 0.100. The van der Waals surface area contributed by atoms with Crippen LogP contribution in [-0.4, -0.2) is 23.6 Å². The van der Waals surface area contributed by atoms with Crippen molar-refractivity contribution in [1.29, 1.82) is 0 Å². The number of halogens is 1. The molecule has 0 spiro atoms. The highest BCUT2D eigenvalue weighted by Gasteiger charge is 2.06. The Balaban J connectivity index is 2.28. The number of alkyl halides is 1. The van der Waals surface area contributed by atoms with Crippen LogP contribution >= 0.6 is 11.6 Å². The maximum Gasteiger partial charge on any atom is 0.115 e. The summed E-state index contributed by atoms with van der Waals surface area (Å²) in [5, 5.41) is 12.6. The lowest BCUT2D eigenvalue weighted by atomic mass is 10.1. The fraction of sp³-hybridized carbons (Fsp3) is 0.538. The van der Waals surface area contributed by atoms with Crippen LogP contribution in [0.5, 0.6) is 5.75 Å². The topological polar surface area (TPSA) is 32.3 Å². The van der Waals surface area contributed by atoms with E-state index in [2.05, 4.69) is 19.2 Å². The lowest BCUT2D eigenvalue weighted by Crippen LogP contribution is -2.27. The van der Waals surface area contributed by atoms with Gasteiger partial charge in [-0.05, 0) is 36.6 Å². The molecule has 0 fully saturated rings. The van der Waals surface area contributed by atoms with Crippen LogP contribution in [0.1, 0.15) is 19.4 Å². The van der Waals surface area contributed by atoms with Gasteiger partial charge in [0.15, 0.2) is 0 Å². The molecule has 2 N–H and O–H groups in total. The van der Waals surface area contributed by atoms with Gasteiger partial charge in [-0.25, -0.2) is 0 Å². The quantitative estimate of drug-likeness (QED) is 0.751. The molecule has 0 aromatic heterocycles. The summed E-state index contributed by atoms with van der Waals surface area (Å²) in [6.45, 7) is 6.17. The zero-order valence-corrected chi connectivity index (χ0v) is 10.7. The maximum absolute atomic E-state index is 9.15. The van der Waals surface area contributed by atoms with Crippen LogP contribution in [-0.2, 0) is 6.42 Å². The fourth-order valence-electron chi connectivity index (χ4n) is 1.49. The number of hydrogen-bond donors (Lipinski definition) is 2. The summed E-state index contributed by atoms with van der Waals surface area (Å²) < 4.78 is 0. The fourth-order valence-corrected chi connectivity index (χ4v) is 1.78. The van der Waals surface area contributed by atoms with Crippen molar-refractivity contribution in [2.75, 3.05) is 13.1 Å². The molecule has 0 aliphatic carbocycles. The van der Waals surface area contributed by atoms with Gasteiger partial charge in [-0.1, -0.05) is 26.0 Å². The highest BCUT2D eigenvalue weighted by molar-refractivity contribution is 6.20. The molecule has 0 saturated carbocycles. The monoisotopic (exact) mass is 241 g/mol. The van der Waals surface area contributed by atoms with E-state index in [0.29, 0.717) is 11.7 Å². The molecule has 3 heteroatoms. The van der Waals surface area contributed by atoms with Gasteiger partial charge in [0.25, 0.3) is 0 Å². The highest BCUT2D eigenvalue weighted by Crippen LogP contribution is 2.13. The average Bonchev–Trinajstić information content (AvgIpc) is 2.21. The Morgan fingerprint density at radius 1 is 1.19 bits per heavy atom. The second-order valence-electron chi connectivity index (χ2n) is 4.52. The first kappa shape index (κ1) is 13.3. The molecular formula is C13H20ClNO. The van der Waals surface area contributed by atoms with Gasteiger partial charge >= 0.3 is 0 Å². The van der Waals surface area contributed by atoms with Crippen molar-refractivity contribution >= 4 is 11.6 Å². The van der Waals surface area contributed by atoms with E-state index < -0.39 is 0 Å². The van der Waals surface area contributed by atoms with Crippen LogP contribution < -0.4 is 5.32 Å². The lowest BCUT2D eigenvalue weighted by Gasteiger charge is -2.12. The third kappa shape index (κ3) is 5.38. The number of phenols is 1. The highest BCUT2D eigenvalue weighted by atomic mass is 35.5. The molecule has 90 valence electrons. The summed E-state index contributed by atoms with van der Waals surface area (Å²) in [5.74, 6) is 0.949. The van der Waals surface area contributed by atoms with Crippen molar-refractivity contribution in [2.45, 2.75) is 25.6 Å². The second kappa shape index (κ2) is 6.77. The number of rotatable bonds is 6. The third-order valence-electron chi connectivity index (χ3n) is 2.31. The van der Waals surface area contributed by atoms with E-state index in [1.165, 1.54) is 0 Å². The van der Waals surface area contributed by atoms with E-state index in [0.717, 1.165) is 25.1 Å². The molecule has 1 rings (SSSR count). The molecular weight excluding hydrogens is 222 g/mol. The molecule has 2 nitrogen and oxygen atoms in total. The van der Waals surface area contributed by atoms with Gasteiger partial charge in [-0.2, -0.15) is 0 Å². The van der Waals surface area contributed by atoms with Crippen molar-refractivity contribution in [3.8, 4) is 5.75 Å². The van der Waals surface area contributed by atoms with Crippen molar-refractivity contribution in [2.24, 2.45) is 5.92 Å². The molecule has 16 heavy (non-hydrogen) atoms. The first-order valence-electron chi connectivity index (χ1n) is 5.70. The summed E-state index contributed by atoms with van der Waals surface area (Å²) in [5.41, 5.74) is 1.16. The van der Waals surface area contributed by atoms with Crippen LogP contribution in [0, 0.1) is 5.92 Å². The zero-order valence-electron chi connectivity index (χ0n) is 9.91. The van der Waals surface area contributed by atoms with Gasteiger partial charge in [0.2, 0.25) is 0 Å². The Morgan fingerprint density at radius 3 is 2.38 bits per heavy atom. The third-order valence-corrected chi connectivity index (χ3v) is 2.62. The first-order valence-corrected chi connectivity index (χ1v) is 6.14. The Morgan fingerprint density at radius 2 is 1.81 bits per heavy atom. The normalized spacial score (nSPS) is 13.0. The number of hydrogen-bond acceptors (Lipinski definition) is 2. The summed E-state index contributed by atoms with van der Waals surface area (Å²) in [4.78, 5) is 0. The van der Waals surface area contributed by atoms with Gasteiger partial charge in [0, 0.05) is 6.54 Å². The van der Waals surface area contributed by atoms with Crippen LogP contribution in [0.15, 0.2) is 24.3 Å². The molecule has 0 aliphatic heterocycles. The molecule has 1 atom stereocenters. The minimum Gasteiger partial charge on any atom is -0.508 e. The predicted octanol–water partition coefficient (Wildman–Crippen LogP) is 2.79. The average molecular weight is 242 g/mol. The van der Waals surface area contributed by atoms with E-state index in [4.69, 9.17) is 16.7 Å². The molecule has 0 amide bonds. The second-order valence-corrected chi connectivity index (χ2v) is 5.14. The van der Waals surface area contributed by atoms with E-state index in [1.54, 1.807) is 12.1 Å². The van der Waals surface area contributed by atoms with Crippen molar-refractivity contribution in [1.82, 2.24) is 5.32 Å². The van der Waals surface area contributed by atoms with E-state index in [-0.39, 0.29) is 5.38 Å². The Bertz CT molecular complexity index is 297. The van der Waals surface area contributed by atoms with Crippen LogP contribution in [0.25, 0.3) is 0 Å². The molecule has 0 radical (unpaired) electrons. The smallest absolute Gasteiger partial charge is 0.115 e. The molecule has 0 saturated heterocycles. The minimum atomic E-state index is 0.100. The molecule has 0 bridgehead atoms. The molecule has 1 unspecified atom stereocenters. The van der Waals surface area contributed by atoms with Gasteiger partial charge < -0.3 is 10.4 Å². The SMILES string of the molecule is CC(C)CNCC(Cl)Cc1ccc(O)cc1. The largest absolute Gasteiger partial charge is 0.508 e. The van der Waals surface area contributed by atoms with Crippen molar-refractivity contribution in [3.05, 3.63) is 29.8 Å². The number of phenolic OH excluding ortho intramolecular Hbond substituents is 1. The van der Waals surface area contributed by atoms with Crippen LogP contribution in [0.3, 0.4) is 0 Å². The zero-order chi connectivity index (χ0) is 12.0. The standard InChI is InChI=1S/C13H20ClNO/c1-10(2)8-15-9-12(14)7-11-3-5-13(16)6-4-11/h3-6,10,12,15-16H,7-9H2,1-2H3. The lowest BCUT2D eigenvalue weighted by molar-refractivity contribution is 0.475. The Labute approximate surface area is 103 Å². The molecule has 0 aliphatic rings.